The van der Waals surface area contributed by atoms with Gasteiger partial charge in [0, 0.05) is 36.7 Å². The standard InChI is InChI=1S/C16H17N5O/c22-15-12-5-1-2-6-13(12)19-14(20-15)11-9-17-16(18-10-11)21-7-3-4-8-21/h1-2,5-6,9-10,14,19H,3-4,7-8H2,(H,20,22)/t14-/m1/s1. The molecule has 0 spiro atoms. The molecule has 2 aliphatic heterocycles. The van der Waals surface area contributed by atoms with Crippen LogP contribution in [0, 0.1) is 0 Å². The van der Waals surface area contributed by atoms with Gasteiger partial charge in [0.05, 0.1) is 5.56 Å². The first-order chi connectivity index (χ1) is 10.8. The van der Waals surface area contributed by atoms with Crippen LogP contribution in [0.2, 0.25) is 0 Å². The molecular weight excluding hydrogens is 278 g/mol. The molecule has 1 atom stereocenters. The molecule has 2 N–H and O–H groups in total. The van der Waals surface area contributed by atoms with Gasteiger partial charge >= 0.3 is 0 Å². The van der Waals surface area contributed by atoms with Gasteiger partial charge in [-0.1, -0.05) is 12.1 Å². The molecule has 1 saturated heterocycles. The zero-order valence-electron chi connectivity index (χ0n) is 12.1. The number of amides is 1. The fourth-order valence-corrected chi connectivity index (χ4v) is 2.93. The van der Waals surface area contributed by atoms with Crippen LogP contribution in [0.25, 0.3) is 0 Å². The van der Waals surface area contributed by atoms with E-state index >= 15 is 0 Å². The summed E-state index contributed by atoms with van der Waals surface area (Å²) in [5.41, 5.74) is 2.35. The van der Waals surface area contributed by atoms with E-state index in [4.69, 9.17) is 0 Å². The van der Waals surface area contributed by atoms with Crippen LogP contribution in [0.15, 0.2) is 36.7 Å². The lowest BCUT2D eigenvalue weighted by molar-refractivity contribution is 0.0935. The first kappa shape index (κ1) is 13.1. The van der Waals surface area contributed by atoms with Gasteiger partial charge in [0.25, 0.3) is 5.91 Å². The van der Waals surface area contributed by atoms with E-state index < -0.39 is 0 Å². The number of aromatic nitrogens is 2. The Hall–Kier alpha value is -2.63. The SMILES string of the molecule is O=C1N[C@H](c2cnc(N3CCCC3)nc2)Nc2ccccc21. The molecule has 0 unspecified atom stereocenters. The number of carbonyl (C=O) groups is 1. The van der Waals surface area contributed by atoms with E-state index in [0.29, 0.717) is 5.56 Å². The third-order valence-corrected chi connectivity index (χ3v) is 4.13. The fourth-order valence-electron chi connectivity index (χ4n) is 2.93. The average Bonchev–Trinajstić information content (AvgIpc) is 3.09. The van der Waals surface area contributed by atoms with E-state index in [1.54, 1.807) is 18.5 Å². The van der Waals surface area contributed by atoms with Gasteiger partial charge in [-0.15, -0.1) is 0 Å². The molecule has 2 aliphatic rings. The van der Waals surface area contributed by atoms with Gasteiger partial charge in [0.15, 0.2) is 0 Å². The Morgan fingerprint density at radius 1 is 1.05 bits per heavy atom. The van der Waals surface area contributed by atoms with Gasteiger partial charge in [-0.3, -0.25) is 4.79 Å². The molecule has 2 aromatic rings. The van der Waals surface area contributed by atoms with E-state index in [0.717, 1.165) is 30.3 Å². The first-order valence-electron chi connectivity index (χ1n) is 7.54. The van der Waals surface area contributed by atoms with E-state index in [9.17, 15) is 4.79 Å². The molecule has 0 bridgehead atoms. The van der Waals surface area contributed by atoms with Crippen LogP contribution < -0.4 is 15.5 Å². The molecule has 1 aromatic heterocycles. The number of fused-ring (bicyclic) bond motifs is 1. The number of benzene rings is 1. The predicted octanol–water partition coefficient (Wildman–Crippen LogP) is 1.93. The van der Waals surface area contributed by atoms with E-state index in [-0.39, 0.29) is 12.1 Å². The number of nitrogens with one attached hydrogen (secondary N) is 2. The maximum Gasteiger partial charge on any atom is 0.255 e. The predicted molar refractivity (Wildman–Crippen MR) is 83.8 cm³/mol. The second-order valence-electron chi connectivity index (χ2n) is 5.61. The van der Waals surface area contributed by atoms with Crippen molar-refractivity contribution >= 4 is 17.5 Å². The smallest absolute Gasteiger partial charge is 0.255 e. The molecule has 0 aliphatic carbocycles. The molecule has 1 fully saturated rings. The molecule has 4 rings (SSSR count). The normalized spacial score (nSPS) is 20.3. The fraction of sp³-hybridized carbons (Fsp3) is 0.312. The zero-order valence-corrected chi connectivity index (χ0v) is 12.1. The van der Waals surface area contributed by atoms with Crippen LogP contribution in [-0.2, 0) is 0 Å². The van der Waals surface area contributed by atoms with Crippen LogP contribution in [-0.4, -0.2) is 29.0 Å². The third-order valence-electron chi connectivity index (χ3n) is 4.13. The zero-order chi connectivity index (χ0) is 14.9. The minimum Gasteiger partial charge on any atom is -0.361 e. The lowest BCUT2D eigenvalue weighted by Crippen LogP contribution is -2.38. The van der Waals surface area contributed by atoms with Crippen LogP contribution in [0.3, 0.4) is 0 Å². The maximum atomic E-state index is 12.1. The Kier molecular flexibility index (Phi) is 3.14. The highest BCUT2D eigenvalue weighted by atomic mass is 16.2. The summed E-state index contributed by atoms with van der Waals surface area (Å²) in [4.78, 5) is 23.2. The van der Waals surface area contributed by atoms with Crippen molar-refractivity contribution < 1.29 is 4.79 Å². The Labute approximate surface area is 128 Å². The summed E-state index contributed by atoms with van der Waals surface area (Å²) < 4.78 is 0. The third kappa shape index (κ3) is 2.26. The maximum absolute atomic E-state index is 12.1. The quantitative estimate of drug-likeness (QED) is 0.886. The van der Waals surface area contributed by atoms with Crippen molar-refractivity contribution in [3.63, 3.8) is 0 Å². The molecule has 0 radical (unpaired) electrons. The molecular formula is C16H17N5O. The highest BCUT2D eigenvalue weighted by Gasteiger charge is 2.25. The van der Waals surface area contributed by atoms with Crippen molar-refractivity contribution in [2.75, 3.05) is 23.3 Å². The topological polar surface area (TPSA) is 70.2 Å². The van der Waals surface area contributed by atoms with Gasteiger partial charge in [-0.25, -0.2) is 9.97 Å². The number of carbonyl (C=O) groups excluding carboxylic acids is 1. The van der Waals surface area contributed by atoms with Crippen molar-refractivity contribution in [3.05, 3.63) is 47.8 Å². The minimum absolute atomic E-state index is 0.0806. The number of anilines is 2. The van der Waals surface area contributed by atoms with E-state index in [1.807, 2.05) is 18.2 Å². The molecule has 1 aromatic carbocycles. The number of nitrogens with zero attached hydrogens (tertiary/aromatic N) is 3. The molecule has 22 heavy (non-hydrogen) atoms. The van der Waals surface area contributed by atoms with Gasteiger partial charge in [-0.2, -0.15) is 0 Å². The van der Waals surface area contributed by atoms with Gasteiger partial charge < -0.3 is 15.5 Å². The van der Waals surface area contributed by atoms with E-state index in [1.165, 1.54) is 12.8 Å². The summed E-state index contributed by atoms with van der Waals surface area (Å²) in [5, 5.41) is 6.24. The summed E-state index contributed by atoms with van der Waals surface area (Å²) in [6, 6.07) is 7.48. The highest BCUT2D eigenvalue weighted by Crippen LogP contribution is 2.26. The van der Waals surface area contributed by atoms with Crippen LogP contribution in [0.4, 0.5) is 11.6 Å². The largest absolute Gasteiger partial charge is 0.361 e. The lowest BCUT2D eigenvalue weighted by Gasteiger charge is -2.27. The van der Waals surface area contributed by atoms with Crippen LogP contribution in [0.5, 0.6) is 0 Å². The van der Waals surface area contributed by atoms with Gasteiger partial charge in [-0.05, 0) is 25.0 Å². The van der Waals surface area contributed by atoms with Crippen molar-refractivity contribution in [1.29, 1.82) is 0 Å². The highest BCUT2D eigenvalue weighted by molar-refractivity contribution is 6.01. The number of hydrogen-bond acceptors (Lipinski definition) is 5. The molecule has 3 heterocycles. The molecule has 1 amide bonds. The second kappa shape index (κ2) is 5.29. The number of para-hydroxylation sites is 1. The molecule has 6 nitrogen and oxygen atoms in total. The van der Waals surface area contributed by atoms with Crippen molar-refractivity contribution in [1.82, 2.24) is 15.3 Å². The summed E-state index contributed by atoms with van der Waals surface area (Å²) in [5.74, 6) is 0.687. The summed E-state index contributed by atoms with van der Waals surface area (Å²) in [6.45, 7) is 2.04. The van der Waals surface area contributed by atoms with Crippen molar-refractivity contribution in [3.8, 4) is 0 Å². The number of hydrogen-bond donors (Lipinski definition) is 2. The Balaban J connectivity index is 1.56. The van der Waals surface area contributed by atoms with Crippen molar-refractivity contribution in [2.45, 2.75) is 19.0 Å². The Bertz CT molecular complexity index is 694. The van der Waals surface area contributed by atoms with E-state index in [2.05, 4.69) is 25.5 Å². The van der Waals surface area contributed by atoms with Crippen molar-refractivity contribution in [2.24, 2.45) is 0 Å². The summed E-state index contributed by atoms with van der Waals surface area (Å²) >= 11 is 0. The summed E-state index contributed by atoms with van der Waals surface area (Å²) in [6.07, 6.45) is 5.67. The van der Waals surface area contributed by atoms with Crippen LogP contribution in [0.1, 0.15) is 34.9 Å². The molecule has 112 valence electrons. The Morgan fingerprint density at radius 3 is 2.55 bits per heavy atom. The Morgan fingerprint density at radius 2 is 1.77 bits per heavy atom. The second-order valence-corrected chi connectivity index (χ2v) is 5.61. The van der Waals surface area contributed by atoms with Gasteiger partial charge in [0.2, 0.25) is 5.95 Å². The average molecular weight is 295 g/mol. The van der Waals surface area contributed by atoms with Crippen LogP contribution >= 0.6 is 0 Å². The van der Waals surface area contributed by atoms with Gasteiger partial charge in [0.1, 0.15) is 6.17 Å². The summed E-state index contributed by atoms with van der Waals surface area (Å²) in [7, 11) is 0. The monoisotopic (exact) mass is 295 g/mol. The molecule has 6 heteroatoms. The molecule has 0 saturated carbocycles. The first-order valence-corrected chi connectivity index (χ1v) is 7.54. The number of rotatable bonds is 2. The lowest BCUT2D eigenvalue weighted by atomic mass is 10.1. The minimum atomic E-state index is -0.296.